The molecular formula is C16H21BrN2O. The van der Waals surface area contributed by atoms with E-state index in [9.17, 15) is 4.79 Å². The van der Waals surface area contributed by atoms with E-state index in [2.05, 4.69) is 39.2 Å². The molecule has 0 aliphatic heterocycles. The predicted octanol–water partition coefficient (Wildman–Crippen LogP) is 4.12. The van der Waals surface area contributed by atoms with Gasteiger partial charge in [0.05, 0.1) is 0 Å². The number of aryl methyl sites for hydroxylation is 1. The van der Waals surface area contributed by atoms with Gasteiger partial charge in [0.25, 0.3) is 0 Å². The number of aromatic amines is 1. The van der Waals surface area contributed by atoms with Crippen molar-refractivity contribution in [3.63, 3.8) is 0 Å². The first-order valence-electron chi connectivity index (χ1n) is 7.19. The molecule has 0 spiro atoms. The lowest BCUT2D eigenvalue weighted by atomic mass is 10.1. The van der Waals surface area contributed by atoms with Crippen LogP contribution in [0.4, 0.5) is 0 Å². The molecule has 1 amide bonds. The lowest BCUT2D eigenvalue weighted by Gasteiger charge is -2.18. The zero-order valence-electron chi connectivity index (χ0n) is 12.1. The van der Waals surface area contributed by atoms with Gasteiger partial charge in [-0.2, -0.15) is 0 Å². The van der Waals surface area contributed by atoms with E-state index < -0.39 is 0 Å². The fourth-order valence-corrected chi connectivity index (χ4v) is 2.88. The van der Waals surface area contributed by atoms with E-state index in [0.717, 1.165) is 35.9 Å². The van der Waals surface area contributed by atoms with Crippen molar-refractivity contribution in [2.75, 3.05) is 13.1 Å². The number of benzene rings is 1. The number of rotatable bonds is 6. The maximum atomic E-state index is 12.0. The zero-order valence-corrected chi connectivity index (χ0v) is 13.7. The van der Waals surface area contributed by atoms with Crippen LogP contribution in [-0.4, -0.2) is 28.9 Å². The Kier molecular flexibility index (Phi) is 5.24. The Balaban J connectivity index is 1.96. The molecule has 1 aromatic heterocycles. The predicted molar refractivity (Wildman–Crippen MR) is 86.9 cm³/mol. The molecule has 0 aliphatic rings. The van der Waals surface area contributed by atoms with Crippen molar-refractivity contribution in [3.05, 3.63) is 34.4 Å². The minimum absolute atomic E-state index is 0.260. The van der Waals surface area contributed by atoms with Gasteiger partial charge < -0.3 is 9.88 Å². The SMILES string of the molecule is CCN(CC)C(=O)CCCc1c[nH]c2ccc(Br)cc12. The summed E-state index contributed by atoms with van der Waals surface area (Å²) in [4.78, 5) is 17.1. The third-order valence-electron chi connectivity index (χ3n) is 3.68. The summed E-state index contributed by atoms with van der Waals surface area (Å²) in [6.45, 7) is 5.65. The van der Waals surface area contributed by atoms with Gasteiger partial charge in [-0.15, -0.1) is 0 Å². The van der Waals surface area contributed by atoms with E-state index in [-0.39, 0.29) is 5.91 Å². The summed E-state index contributed by atoms with van der Waals surface area (Å²) < 4.78 is 1.09. The third-order valence-corrected chi connectivity index (χ3v) is 4.18. The summed E-state index contributed by atoms with van der Waals surface area (Å²) in [5.74, 6) is 0.260. The number of carbonyl (C=O) groups excluding carboxylic acids is 1. The number of amides is 1. The van der Waals surface area contributed by atoms with Crippen LogP contribution in [0.2, 0.25) is 0 Å². The molecule has 2 rings (SSSR count). The first kappa shape index (κ1) is 15.1. The van der Waals surface area contributed by atoms with E-state index >= 15 is 0 Å². The van der Waals surface area contributed by atoms with Crippen LogP contribution in [0, 0.1) is 0 Å². The van der Waals surface area contributed by atoms with E-state index in [0.29, 0.717) is 6.42 Å². The number of halogens is 1. The normalized spacial score (nSPS) is 10.9. The highest BCUT2D eigenvalue weighted by molar-refractivity contribution is 9.10. The van der Waals surface area contributed by atoms with Crippen molar-refractivity contribution in [1.82, 2.24) is 9.88 Å². The Morgan fingerprint density at radius 2 is 2.05 bits per heavy atom. The summed E-state index contributed by atoms with van der Waals surface area (Å²) in [5, 5.41) is 1.25. The van der Waals surface area contributed by atoms with Crippen molar-refractivity contribution >= 4 is 32.7 Å². The Bertz CT molecular complexity index is 587. The molecule has 0 aliphatic carbocycles. The quantitative estimate of drug-likeness (QED) is 0.846. The molecule has 0 saturated heterocycles. The Morgan fingerprint density at radius 1 is 1.30 bits per heavy atom. The topological polar surface area (TPSA) is 36.1 Å². The Morgan fingerprint density at radius 3 is 2.75 bits per heavy atom. The minimum atomic E-state index is 0.260. The lowest BCUT2D eigenvalue weighted by molar-refractivity contribution is -0.130. The maximum absolute atomic E-state index is 12.0. The molecule has 0 saturated carbocycles. The minimum Gasteiger partial charge on any atom is -0.361 e. The third kappa shape index (κ3) is 3.42. The van der Waals surface area contributed by atoms with Gasteiger partial charge in [0.1, 0.15) is 0 Å². The van der Waals surface area contributed by atoms with Gasteiger partial charge in [0.15, 0.2) is 0 Å². The van der Waals surface area contributed by atoms with Gasteiger partial charge >= 0.3 is 0 Å². The maximum Gasteiger partial charge on any atom is 0.222 e. The number of aromatic nitrogens is 1. The molecule has 108 valence electrons. The van der Waals surface area contributed by atoms with Crippen LogP contribution in [0.15, 0.2) is 28.9 Å². The van der Waals surface area contributed by atoms with E-state index in [1.54, 1.807) is 0 Å². The van der Waals surface area contributed by atoms with E-state index in [1.165, 1.54) is 10.9 Å². The Hall–Kier alpha value is -1.29. The largest absolute Gasteiger partial charge is 0.361 e. The van der Waals surface area contributed by atoms with Crippen molar-refractivity contribution in [2.45, 2.75) is 33.1 Å². The van der Waals surface area contributed by atoms with Crippen molar-refractivity contribution < 1.29 is 4.79 Å². The summed E-state index contributed by atoms with van der Waals surface area (Å²) in [6, 6.07) is 6.24. The Labute approximate surface area is 128 Å². The standard InChI is InChI=1S/C16H21BrN2O/c1-3-19(4-2)16(20)7-5-6-12-11-18-15-9-8-13(17)10-14(12)15/h8-11,18H,3-7H2,1-2H3. The van der Waals surface area contributed by atoms with E-state index in [4.69, 9.17) is 0 Å². The van der Waals surface area contributed by atoms with Gasteiger partial charge in [-0.05, 0) is 50.5 Å². The smallest absolute Gasteiger partial charge is 0.222 e. The van der Waals surface area contributed by atoms with E-state index in [1.807, 2.05) is 24.8 Å². The van der Waals surface area contributed by atoms with Gasteiger partial charge in [-0.25, -0.2) is 0 Å². The van der Waals surface area contributed by atoms with Crippen molar-refractivity contribution in [3.8, 4) is 0 Å². The molecule has 1 aromatic carbocycles. The number of H-pyrrole nitrogens is 1. The van der Waals surface area contributed by atoms with Gasteiger partial charge in [-0.3, -0.25) is 4.79 Å². The lowest BCUT2D eigenvalue weighted by Crippen LogP contribution is -2.30. The monoisotopic (exact) mass is 336 g/mol. The average molecular weight is 337 g/mol. The van der Waals surface area contributed by atoms with Crippen LogP contribution in [0.5, 0.6) is 0 Å². The number of nitrogens with one attached hydrogen (secondary N) is 1. The molecule has 2 aromatic rings. The highest BCUT2D eigenvalue weighted by Gasteiger charge is 2.10. The zero-order chi connectivity index (χ0) is 14.5. The molecular weight excluding hydrogens is 316 g/mol. The molecule has 4 heteroatoms. The van der Waals surface area contributed by atoms with Crippen LogP contribution in [-0.2, 0) is 11.2 Å². The summed E-state index contributed by atoms with van der Waals surface area (Å²) >= 11 is 3.51. The van der Waals surface area contributed by atoms with Crippen LogP contribution < -0.4 is 0 Å². The second kappa shape index (κ2) is 6.93. The molecule has 1 heterocycles. The van der Waals surface area contributed by atoms with Gasteiger partial charge in [0, 0.05) is 41.1 Å². The fourth-order valence-electron chi connectivity index (χ4n) is 2.52. The van der Waals surface area contributed by atoms with Crippen LogP contribution in [0.3, 0.4) is 0 Å². The number of nitrogens with zero attached hydrogens (tertiary/aromatic N) is 1. The number of hydrogen-bond acceptors (Lipinski definition) is 1. The highest BCUT2D eigenvalue weighted by atomic mass is 79.9. The summed E-state index contributed by atoms with van der Waals surface area (Å²) in [7, 11) is 0. The number of fused-ring (bicyclic) bond motifs is 1. The molecule has 20 heavy (non-hydrogen) atoms. The second-order valence-corrected chi connectivity index (χ2v) is 5.84. The fraction of sp³-hybridized carbons (Fsp3) is 0.438. The van der Waals surface area contributed by atoms with Crippen molar-refractivity contribution in [2.24, 2.45) is 0 Å². The van der Waals surface area contributed by atoms with Crippen LogP contribution >= 0.6 is 15.9 Å². The number of hydrogen-bond donors (Lipinski definition) is 1. The van der Waals surface area contributed by atoms with Gasteiger partial charge in [0.2, 0.25) is 5.91 Å². The molecule has 0 unspecified atom stereocenters. The van der Waals surface area contributed by atoms with Crippen LogP contribution in [0.25, 0.3) is 10.9 Å². The number of carbonyl (C=O) groups is 1. The summed E-state index contributed by atoms with van der Waals surface area (Å²) in [5.41, 5.74) is 2.44. The molecule has 0 bridgehead atoms. The molecule has 0 atom stereocenters. The van der Waals surface area contributed by atoms with Crippen LogP contribution in [0.1, 0.15) is 32.3 Å². The summed E-state index contributed by atoms with van der Waals surface area (Å²) in [6.07, 6.45) is 4.51. The first-order valence-corrected chi connectivity index (χ1v) is 7.98. The molecule has 0 fully saturated rings. The average Bonchev–Trinajstić information content (AvgIpc) is 2.83. The second-order valence-electron chi connectivity index (χ2n) is 4.92. The molecule has 0 radical (unpaired) electrons. The molecule has 3 nitrogen and oxygen atoms in total. The highest BCUT2D eigenvalue weighted by Crippen LogP contribution is 2.23. The van der Waals surface area contributed by atoms with Crippen molar-refractivity contribution in [1.29, 1.82) is 0 Å². The first-order chi connectivity index (χ1) is 9.65. The van der Waals surface area contributed by atoms with Gasteiger partial charge in [-0.1, -0.05) is 15.9 Å². The molecule has 1 N–H and O–H groups in total.